The lowest BCUT2D eigenvalue weighted by Gasteiger charge is -2.26. The smallest absolute Gasteiger partial charge is 0.347 e. The Balaban J connectivity index is 1.86. The number of carbonyl (C=O) groups is 1. The van der Waals surface area contributed by atoms with Crippen LogP contribution in [0.3, 0.4) is 0 Å². The van der Waals surface area contributed by atoms with Gasteiger partial charge in [0, 0.05) is 19.5 Å². The zero-order chi connectivity index (χ0) is 15.5. The molecule has 0 aliphatic carbocycles. The highest BCUT2D eigenvalue weighted by Gasteiger charge is 2.22. The summed E-state index contributed by atoms with van der Waals surface area (Å²) in [5, 5.41) is 10.2. The highest BCUT2D eigenvalue weighted by atomic mass is 32.1. The van der Waals surface area contributed by atoms with Crippen molar-refractivity contribution in [1.82, 2.24) is 4.98 Å². The van der Waals surface area contributed by atoms with E-state index in [9.17, 15) is 9.90 Å². The molecule has 1 aliphatic rings. The van der Waals surface area contributed by atoms with Crippen molar-refractivity contribution in [2.45, 2.75) is 13.3 Å². The zero-order valence-electron chi connectivity index (χ0n) is 12.4. The van der Waals surface area contributed by atoms with Gasteiger partial charge in [0.2, 0.25) is 0 Å². The summed E-state index contributed by atoms with van der Waals surface area (Å²) in [4.78, 5) is 18.5. The monoisotopic (exact) mass is 318 g/mol. The van der Waals surface area contributed by atoms with E-state index in [1.807, 2.05) is 31.2 Å². The van der Waals surface area contributed by atoms with Crippen molar-refractivity contribution in [3.05, 3.63) is 46.0 Å². The number of carboxylic acids is 1. The maximum Gasteiger partial charge on any atom is 0.347 e. The molecule has 1 fully saturated rings. The van der Waals surface area contributed by atoms with E-state index >= 15 is 0 Å². The molecule has 1 saturated heterocycles. The minimum Gasteiger partial charge on any atom is -0.477 e. The number of ether oxygens (including phenoxy) is 1. The molecule has 116 valence electrons. The molecule has 0 unspecified atom stereocenters. The predicted molar refractivity (Wildman–Crippen MR) is 86.1 cm³/mol. The van der Waals surface area contributed by atoms with Crippen LogP contribution >= 0.6 is 11.3 Å². The molecule has 6 heteroatoms. The molecule has 1 aromatic carbocycles. The SMILES string of the molecule is Cc1ccc(Cc2nc(N3CCOCC3)sc2C(=O)O)cc1. The molecule has 0 amide bonds. The first kappa shape index (κ1) is 15.0. The molecule has 1 N–H and O–H groups in total. The molecule has 3 rings (SSSR count). The molecule has 2 aromatic rings. The lowest BCUT2D eigenvalue weighted by atomic mass is 10.1. The highest BCUT2D eigenvalue weighted by Crippen LogP contribution is 2.28. The number of aromatic carboxylic acids is 1. The van der Waals surface area contributed by atoms with Crippen molar-refractivity contribution in [1.29, 1.82) is 0 Å². The molecular weight excluding hydrogens is 300 g/mol. The molecule has 22 heavy (non-hydrogen) atoms. The summed E-state index contributed by atoms with van der Waals surface area (Å²) in [6, 6.07) is 8.11. The summed E-state index contributed by atoms with van der Waals surface area (Å²) in [7, 11) is 0. The number of hydrogen-bond acceptors (Lipinski definition) is 5. The van der Waals surface area contributed by atoms with Crippen LogP contribution in [0, 0.1) is 6.92 Å². The van der Waals surface area contributed by atoms with E-state index in [1.165, 1.54) is 16.9 Å². The Labute approximate surface area is 133 Å². The fourth-order valence-electron chi connectivity index (χ4n) is 2.42. The lowest BCUT2D eigenvalue weighted by molar-refractivity contribution is 0.0701. The molecule has 0 radical (unpaired) electrons. The first-order chi connectivity index (χ1) is 10.6. The topological polar surface area (TPSA) is 62.7 Å². The molecule has 1 aliphatic heterocycles. The highest BCUT2D eigenvalue weighted by molar-refractivity contribution is 7.17. The Hall–Kier alpha value is -1.92. The van der Waals surface area contributed by atoms with Crippen LogP contribution in [0.5, 0.6) is 0 Å². The molecule has 1 aromatic heterocycles. The van der Waals surface area contributed by atoms with Crippen molar-refractivity contribution in [2.75, 3.05) is 31.2 Å². The quantitative estimate of drug-likeness (QED) is 0.939. The van der Waals surface area contributed by atoms with Crippen LogP contribution in [-0.2, 0) is 11.2 Å². The fourth-order valence-corrected chi connectivity index (χ4v) is 3.39. The van der Waals surface area contributed by atoms with E-state index in [1.54, 1.807) is 0 Å². The van der Waals surface area contributed by atoms with E-state index < -0.39 is 5.97 Å². The Kier molecular flexibility index (Phi) is 4.40. The zero-order valence-corrected chi connectivity index (χ0v) is 13.2. The maximum atomic E-state index is 11.5. The second-order valence-electron chi connectivity index (χ2n) is 5.34. The number of benzene rings is 1. The van der Waals surface area contributed by atoms with E-state index in [4.69, 9.17) is 4.74 Å². The van der Waals surface area contributed by atoms with Crippen molar-refractivity contribution < 1.29 is 14.6 Å². The number of hydrogen-bond donors (Lipinski definition) is 1. The van der Waals surface area contributed by atoms with Gasteiger partial charge in [-0.3, -0.25) is 0 Å². The van der Waals surface area contributed by atoms with Crippen molar-refractivity contribution in [3.8, 4) is 0 Å². The van der Waals surface area contributed by atoms with E-state index in [0.717, 1.165) is 23.8 Å². The van der Waals surface area contributed by atoms with Crippen molar-refractivity contribution >= 4 is 22.4 Å². The van der Waals surface area contributed by atoms with Gasteiger partial charge in [-0.15, -0.1) is 0 Å². The number of aryl methyl sites for hydroxylation is 1. The molecule has 0 spiro atoms. The standard InChI is InChI=1S/C16H18N2O3S/c1-11-2-4-12(5-3-11)10-13-14(15(19)20)22-16(17-13)18-6-8-21-9-7-18/h2-5H,6-10H2,1H3,(H,19,20). The van der Waals surface area contributed by atoms with Gasteiger partial charge in [-0.05, 0) is 12.5 Å². The fraction of sp³-hybridized carbons (Fsp3) is 0.375. The minimum absolute atomic E-state index is 0.335. The largest absolute Gasteiger partial charge is 0.477 e. The number of nitrogens with zero attached hydrogens (tertiary/aromatic N) is 2. The van der Waals surface area contributed by atoms with Crippen LogP contribution < -0.4 is 4.90 Å². The second kappa shape index (κ2) is 6.46. The van der Waals surface area contributed by atoms with E-state index in [2.05, 4.69) is 9.88 Å². The van der Waals surface area contributed by atoms with Crippen molar-refractivity contribution in [2.24, 2.45) is 0 Å². The average molecular weight is 318 g/mol. The van der Waals surface area contributed by atoms with Gasteiger partial charge in [0.15, 0.2) is 5.13 Å². The van der Waals surface area contributed by atoms with Gasteiger partial charge in [0.05, 0.1) is 18.9 Å². The summed E-state index contributed by atoms with van der Waals surface area (Å²) < 4.78 is 5.33. The van der Waals surface area contributed by atoms with Crippen LogP contribution in [0.15, 0.2) is 24.3 Å². The van der Waals surface area contributed by atoms with Crippen LogP contribution in [0.4, 0.5) is 5.13 Å². The summed E-state index contributed by atoms with van der Waals surface area (Å²) >= 11 is 1.26. The lowest BCUT2D eigenvalue weighted by Crippen LogP contribution is -2.36. The van der Waals surface area contributed by atoms with Gasteiger partial charge in [0.1, 0.15) is 4.88 Å². The minimum atomic E-state index is -0.904. The summed E-state index contributed by atoms with van der Waals surface area (Å²) in [5.41, 5.74) is 2.91. The number of thiazole rings is 1. The Morgan fingerprint density at radius 2 is 2.00 bits per heavy atom. The number of morpholine rings is 1. The molecule has 0 atom stereocenters. The second-order valence-corrected chi connectivity index (χ2v) is 6.32. The molecule has 0 saturated carbocycles. The normalized spacial score (nSPS) is 15.0. The first-order valence-electron chi connectivity index (χ1n) is 7.25. The summed E-state index contributed by atoms with van der Waals surface area (Å²) in [6.07, 6.45) is 0.544. The molecule has 0 bridgehead atoms. The van der Waals surface area contributed by atoms with Crippen molar-refractivity contribution in [3.63, 3.8) is 0 Å². The Morgan fingerprint density at radius 3 is 2.64 bits per heavy atom. The Morgan fingerprint density at radius 1 is 1.32 bits per heavy atom. The molecule has 2 heterocycles. The van der Waals surface area contributed by atoms with Gasteiger partial charge in [0.25, 0.3) is 0 Å². The third kappa shape index (κ3) is 3.28. The third-order valence-corrected chi connectivity index (χ3v) is 4.80. The van der Waals surface area contributed by atoms with Gasteiger partial charge in [-0.1, -0.05) is 41.2 Å². The summed E-state index contributed by atoms with van der Waals surface area (Å²) in [5.74, 6) is -0.904. The number of carboxylic acid groups (broad SMARTS) is 1. The Bertz CT molecular complexity index is 661. The van der Waals surface area contributed by atoms with Crippen LogP contribution in [0.25, 0.3) is 0 Å². The number of rotatable bonds is 4. The number of aromatic nitrogens is 1. The summed E-state index contributed by atoms with van der Waals surface area (Å²) in [6.45, 7) is 4.88. The van der Waals surface area contributed by atoms with Crippen LogP contribution in [-0.4, -0.2) is 42.4 Å². The third-order valence-electron chi connectivity index (χ3n) is 3.65. The van der Waals surface area contributed by atoms with Gasteiger partial charge in [-0.25, -0.2) is 9.78 Å². The average Bonchev–Trinajstić information content (AvgIpc) is 2.95. The van der Waals surface area contributed by atoms with Gasteiger partial charge in [-0.2, -0.15) is 0 Å². The maximum absolute atomic E-state index is 11.5. The first-order valence-corrected chi connectivity index (χ1v) is 8.06. The van der Waals surface area contributed by atoms with E-state index in [-0.39, 0.29) is 0 Å². The van der Waals surface area contributed by atoms with Crippen LogP contribution in [0.2, 0.25) is 0 Å². The molecule has 5 nitrogen and oxygen atoms in total. The predicted octanol–water partition coefficient (Wildman–Crippen LogP) is 2.58. The van der Waals surface area contributed by atoms with Crippen LogP contribution in [0.1, 0.15) is 26.5 Å². The van der Waals surface area contributed by atoms with Gasteiger partial charge >= 0.3 is 5.97 Å². The van der Waals surface area contributed by atoms with E-state index in [0.29, 0.717) is 30.2 Å². The van der Waals surface area contributed by atoms with Gasteiger partial charge < -0.3 is 14.7 Å². The molecular formula is C16H18N2O3S. The number of anilines is 1.